The van der Waals surface area contributed by atoms with E-state index in [2.05, 4.69) is 20.4 Å². The van der Waals surface area contributed by atoms with Gasteiger partial charge in [0, 0.05) is 43.4 Å². The Balaban J connectivity index is 1.11. The van der Waals surface area contributed by atoms with Crippen LogP contribution in [0, 0.1) is 12.8 Å². The van der Waals surface area contributed by atoms with Crippen molar-refractivity contribution >= 4 is 17.2 Å². The maximum Gasteiger partial charge on any atom is 0.278 e. The Morgan fingerprint density at radius 3 is 2.74 bits per heavy atom. The number of carbonyl (C=O) groups excluding carboxylic acids is 1. The van der Waals surface area contributed by atoms with Crippen LogP contribution < -0.4 is 14.8 Å². The van der Waals surface area contributed by atoms with E-state index in [0.29, 0.717) is 22.8 Å². The van der Waals surface area contributed by atoms with Gasteiger partial charge in [-0.05, 0) is 63.1 Å². The van der Waals surface area contributed by atoms with Gasteiger partial charge in [-0.15, -0.1) is 0 Å². The number of nitrogens with one attached hydrogen (secondary N) is 1. The highest BCUT2D eigenvalue weighted by molar-refractivity contribution is 7.13. The predicted octanol–water partition coefficient (Wildman–Crippen LogP) is 4.02. The third kappa shape index (κ3) is 8.13. The number of rotatable bonds is 10. The minimum atomic E-state index is -2.85. The lowest BCUT2D eigenvalue weighted by Crippen LogP contribution is -2.40. The second-order valence-electron chi connectivity index (χ2n) is 9.69. The first-order chi connectivity index (χ1) is 16.7. The first-order valence-electron chi connectivity index (χ1n) is 12.3. The molecule has 0 atom stereocenters. The smallest absolute Gasteiger partial charge is 0.278 e. The molecule has 0 bridgehead atoms. The molecule has 1 aliphatic carbocycles. The van der Waals surface area contributed by atoms with Crippen LogP contribution in [0.2, 0.25) is 0 Å². The fourth-order valence-corrected chi connectivity index (χ4v) is 5.58. The highest BCUT2D eigenvalue weighted by Gasteiger charge is 2.26. The Hall–Kier alpha value is -2.27. The average Bonchev–Trinajstić information content (AvgIpc) is 3.36. The molecule has 1 fully saturated rings. The molecule has 2 aromatic rings. The Kier molecular flexibility index (Phi) is 8.59. The molecule has 1 aliphatic heterocycles. The van der Waals surface area contributed by atoms with Crippen LogP contribution in [0.1, 0.15) is 55.4 Å². The molecule has 0 aromatic carbocycles. The zero-order valence-electron chi connectivity index (χ0n) is 20.4. The molecule has 1 N–H and O–H groups in total. The van der Waals surface area contributed by atoms with Crippen molar-refractivity contribution in [1.29, 1.82) is 0 Å². The van der Waals surface area contributed by atoms with Gasteiger partial charge >= 0.3 is 0 Å². The molecule has 1 amide bonds. The molecule has 11 heteroatoms. The van der Waals surface area contributed by atoms with Crippen molar-refractivity contribution in [2.24, 2.45) is 5.92 Å². The number of aromatic nitrogens is 2. The molecule has 8 nitrogen and oxygen atoms in total. The summed E-state index contributed by atoms with van der Waals surface area (Å²) in [5, 5.41) is 7.15. The summed E-state index contributed by atoms with van der Waals surface area (Å²) in [5.41, 5.74) is 0.992. The van der Waals surface area contributed by atoms with Crippen LogP contribution in [0.4, 0.5) is 8.78 Å². The molecular weight excluding hydrogens is 478 g/mol. The molecule has 2 aromatic heterocycles. The minimum Gasteiger partial charge on any atom is -0.465 e. The summed E-state index contributed by atoms with van der Waals surface area (Å²) in [6.45, 7) is 4.87. The monoisotopic (exact) mass is 512 g/mol. The van der Waals surface area contributed by atoms with Crippen molar-refractivity contribution in [3.05, 3.63) is 22.4 Å². The van der Waals surface area contributed by atoms with E-state index in [1.807, 2.05) is 0 Å². The quantitative estimate of drug-likeness (QED) is 0.514. The van der Waals surface area contributed by atoms with Crippen LogP contribution in [0.3, 0.4) is 0 Å². The number of fused-ring (bicyclic) bond motifs is 1. The van der Waals surface area contributed by atoms with Crippen LogP contribution in [0.15, 0.2) is 10.6 Å². The van der Waals surface area contributed by atoms with Gasteiger partial charge in [0.2, 0.25) is 0 Å². The summed E-state index contributed by atoms with van der Waals surface area (Å²) in [6.07, 6.45) is 7.05. The van der Waals surface area contributed by atoms with Gasteiger partial charge in [0.1, 0.15) is 5.76 Å². The number of alkyl halides is 2. The summed E-state index contributed by atoms with van der Waals surface area (Å²) in [4.78, 5) is 20.2. The van der Waals surface area contributed by atoms with Gasteiger partial charge in [-0.3, -0.25) is 4.79 Å². The average molecular weight is 513 g/mol. The maximum absolute atomic E-state index is 13.0. The standard InChI is InChI=1S/C24H34F2N4O4S/c1-16-13-22(29-34-16)32-14-21(31)27-18-5-3-17(4-6-18)7-10-30-11-8-19-20(9-12-30)35-23(28-19)33-15-24(2,25)26/h13,17-18H,3-12,14-15H2,1-2H3,(H,27,31). The highest BCUT2D eigenvalue weighted by Crippen LogP contribution is 2.30. The number of carbonyl (C=O) groups is 1. The largest absolute Gasteiger partial charge is 0.465 e. The van der Waals surface area contributed by atoms with Crippen LogP contribution in [0.5, 0.6) is 11.1 Å². The molecular formula is C24H34F2N4O4S. The van der Waals surface area contributed by atoms with E-state index in [1.165, 1.54) is 11.3 Å². The van der Waals surface area contributed by atoms with Crippen molar-refractivity contribution in [3.8, 4) is 11.1 Å². The zero-order valence-corrected chi connectivity index (χ0v) is 21.2. The summed E-state index contributed by atoms with van der Waals surface area (Å²) in [6, 6.07) is 1.85. The van der Waals surface area contributed by atoms with Crippen molar-refractivity contribution < 1.29 is 27.6 Å². The minimum absolute atomic E-state index is 0.0556. The van der Waals surface area contributed by atoms with Crippen molar-refractivity contribution in [2.75, 3.05) is 32.8 Å². The van der Waals surface area contributed by atoms with E-state index < -0.39 is 12.5 Å². The van der Waals surface area contributed by atoms with Gasteiger partial charge in [0.25, 0.3) is 22.9 Å². The highest BCUT2D eigenvalue weighted by atomic mass is 32.1. The molecule has 0 unspecified atom stereocenters. The van der Waals surface area contributed by atoms with Gasteiger partial charge < -0.3 is 24.2 Å². The number of aryl methyl sites for hydroxylation is 1. The van der Waals surface area contributed by atoms with Gasteiger partial charge in [-0.2, -0.15) is 0 Å². The van der Waals surface area contributed by atoms with E-state index in [0.717, 1.165) is 82.1 Å². The fourth-order valence-electron chi connectivity index (χ4n) is 4.64. The van der Waals surface area contributed by atoms with Gasteiger partial charge in [0.15, 0.2) is 13.2 Å². The van der Waals surface area contributed by atoms with Crippen molar-refractivity contribution in [2.45, 2.75) is 70.8 Å². The number of thiazole rings is 1. The van der Waals surface area contributed by atoms with E-state index in [1.54, 1.807) is 13.0 Å². The fraction of sp³-hybridized carbons (Fsp3) is 0.708. The Morgan fingerprint density at radius 2 is 2.03 bits per heavy atom. The van der Waals surface area contributed by atoms with Gasteiger partial charge in [-0.1, -0.05) is 11.3 Å². The van der Waals surface area contributed by atoms with Crippen LogP contribution in [0.25, 0.3) is 0 Å². The lowest BCUT2D eigenvalue weighted by molar-refractivity contribution is -0.124. The Bertz CT molecular complexity index is 944. The van der Waals surface area contributed by atoms with Gasteiger partial charge in [-0.25, -0.2) is 13.8 Å². The SMILES string of the molecule is Cc1cc(OCC(=O)NC2CCC(CCN3CCc4nc(OCC(C)(F)F)sc4CC3)CC2)no1. The molecule has 3 heterocycles. The number of ether oxygens (including phenoxy) is 2. The number of hydrogen-bond acceptors (Lipinski definition) is 8. The number of amides is 1. The molecule has 2 aliphatic rings. The number of halogens is 2. The Morgan fingerprint density at radius 1 is 1.26 bits per heavy atom. The molecule has 0 spiro atoms. The van der Waals surface area contributed by atoms with E-state index in [4.69, 9.17) is 14.0 Å². The van der Waals surface area contributed by atoms with Gasteiger partial charge in [0.05, 0.1) is 5.69 Å². The molecule has 0 radical (unpaired) electrons. The third-order valence-corrected chi connectivity index (χ3v) is 7.62. The normalized spacial score (nSPS) is 21.3. The number of nitrogens with zero attached hydrogens (tertiary/aromatic N) is 3. The topological polar surface area (TPSA) is 89.7 Å². The first kappa shape index (κ1) is 25.8. The van der Waals surface area contributed by atoms with E-state index in [-0.39, 0.29) is 18.6 Å². The van der Waals surface area contributed by atoms with Crippen molar-refractivity contribution in [3.63, 3.8) is 0 Å². The lowest BCUT2D eigenvalue weighted by Gasteiger charge is -2.30. The van der Waals surface area contributed by atoms with Crippen LogP contribution >= 0.6 is 11.3 Å². The zero-order chi connectivity index (χ0) is 24.8. The molecule has 35 heavy (non-hydrogen) atoms. The molecule has 194 valence electrons. The molecule has 4 rings (SSSR count). The second-order valence-corrected chi connectivity index (χ2v) is 10.7. The van der Waals surface area contributed by atoms with E-state index >= 15 is 0 Å². The van der Waals surface area contributed by atoms with E-state index in [9.17, 15) is 13.6 Å². The maximum atomic E-state index is 13.0. The predicted molar refractivity (Wildman–Crippen MR) is 127 cm³/mol. The third-order valence-electron chi connectivity index (χ3n) is 6.55. The summed E-state index contributed by atoms with van der Waals surface area (Å²) in [7, 11) is 0. The lowest BCUT2D eigenvalue weighted by atomic mass is 9.84. The van der Waals surface area contributed by atoms with Crippen LogP contribution in [-0.4, -0.2) is 65.8 Å². The molecule has 0 saturated heterocycles. The summed E-state index contributed by atoms with van der Waals surface area (Å²) >= 11 is 1.40. The number of hydrogen-bond donors (Lipinski definition) is 1. The molecule has 1 saturated carbocycles. The second kappa shape index (κ2) is 11.6. The first-order valence-corrected chi connectivity index (χ1v) is 13.1. The van der Waals surface area contributed by atoms with Crippen molar-refractivity contribution in [1.82, 2.24) is 20.4 Å². The Labute approximate surface area is 208 Å². The summed E-state index contributed by atoms with van der Waals surface area (Å²) in [5.74, 6) is -1.33. The van der Waals surface area contributed by atoms with Crippen LogP contribution in [-0.2, 0) is 17.6 Å². The summed E-state index contributed by atoms with van der Waals surface area (Å²) < 4.78 is 41.5.